The molecule has 0 fully saturated rings. The van der Waals surface area contributed by atoms with Gasteiger partial charge in [-0.3, -0.25) is 9.20 Å². The first kappa shape index (κ1) is 18.9. The molecule has 0 aliphatic carbocycles. The molecule has 0 atom stereocenters. The van der Waals surface area contributed by atoms with Crippen molar-refractivity contribution in [2.45, 2.75) is 18.1 Å². The van der Waals surface area contributed by atoms with Gasteiger partial charge in [-0.05, 0) is 52.0 Å². The van der Waals surface area contributed by atoms with Crippen molar-refractivity contribution in [1.82, 2.24) is 24.4 Å². The lowest BCUT2D eigenvalue weighted by atomic mass is 10.1. The van der Waals surface area contributed by atoms with Crippen LogP contribution in [0.25, 0.3) is 22.4 Å². The number of fused-ring (bicyclic) bond motifs is 2. The first-order chi connectivity index (χ1) is 13.3. The summed E-state index contributed by atoms with van der Waals surface area (Å²) < 4.78 is 42.7. The molecule has 4 aromatic rings. The fourth-order valence-corrected chi connectivity index (χ4v) is 3.91. The molecular formula is C17H11BrF3N5OS. The molecule has 3 aromatic heterocycles. The molecule has 4 rings (SSSR count). The van der Waals surface area contributed by atoms with Crippen molar-refractivity contribution >= 4 is 44.2 Å². The lowest BCUT2D eigenvalue weighted by molar-refractivity contribution is -0.137. The summed E-state index contributed by atoms with van der Waals surface area (Å²) in [6.07, 6.45) is -2.77. The molecule has 0 aliphatic rings. The topological polar surface area (TPSA) is 65.1 Å². The number of rotatable bonds is 3. The number of aromatic nitrogens is 5. The predicted molar refractivity (Wildman–Crippen MR) is 103 cm³/mol. The lowest BCUT2D eigenvalue weighted by Gasteiger charge is -2.08. The minimum atomic E-state index is -4.56. The van der Waals surface area contributed by atoms with Crippen molar-refractivity contribution in [3.8, 4) is 5.82 Å². The zero-order valence-corrected chi connectivity index (χ0v) is 16.6. The quantitative estimate of drug-likeness (QED) is 0.418. The van der Waals surface area contributed by atoms with Gasteiger partial charge in [-0.15, -0.1) is 16.9 Å². The zero-order valence-electron chi connectivity index (χ0n) is 14.2. The van der Waals surface area contributed by atoms with Crippen molar-refractivity contribution in [3.63, 3.8) is 0 Å². The fourth-order valence-electron chi connectivity index (χ4n) is 2.75. The number of thioether (sulfide) groups is 1. The van der Waals surface area contributed by atoms with Gasteiger partial charge in [0.25, 0.3) is 5.56 Å². The molecule has 1 aromatic carbocycles. The van der Waals surface area contributed by atoms with E-state index in [1.807, 2.05) is 6.92 Å². The Labute approximate surface area is 168 Å². The van der Waals surface area contributed by atoms with Crippen LogP contribution in [0.2, 0.25) is 0 Å². The average molecular weight is 470 g/mol. The minimum Gasteiger partial charge on any atom is -0.292 e. The van der Waals surface area contributed by atoms with Crippen molar-refractivity contribution in [2.24, 2.45) is 0 Å². The second-order valence-corrected chi connectivity index (χ2v) is 7.95. The minimum absolute atomic E-state index is 0.0884. The molecule has 0 radical (unpaired) electrons. The van der Waals surface area contributed by atoms with Crippen LogP contribution in [0, 0.1) is 0 Å². The molecule has 11 heteroatoms. The van der Waals surface area contributed by atoms with Gasteiger partial charge in [-0.2, -0.15) is 17.9 Å². The molecule has 0 spiro atoms. The average Bonchev–Trinajstić information content (AvgIpc) is 2.99. The van der Waals surface area contributed by atoms with Gasteiger partial charge in [-0.25, -0.2) is 4.98 Å². The summed E-state index contributed by atoms with van der Waals surface area (Å²) in [6, 6.07) is 6.37. The Hall–Kier alpha value is -2.40. The van der Waals surface area contributed by atoms with Crippen LogP contribution < -0.4 is 5.56 Å². The molecule has 0 saturated carbocycles. The molecule has 3 heterocycles. The van der Waals surface area contributed by atoms with E-state index in [2.05, 4.69) is 31.2 Å². The predicted octanol–water partition coefficient (Wildman–Crippen LogP) is 4.32. The summed E-state index contributed by atoms with van der Waals surface area (Å²) in [5.74, 6) is 0.920. The number of imidazole rings is 1. The van der Waals surface area contributed by atoms with Gasteiger partial charge in [-0.1, -0.05) is 12.1 Å². The molecule has 0 saturated heterocycles. The SMILES string of the molecule is CCSc1c(-n2nnc3ccc(C(F)(F)F)cc3c2=O)nc2ccc(Br)cn12. The summed E-state index contributed by atoms with van der Waals surface area (Å²) in [5, 5.41) is 8.28. The van der Waals surface area contributed by atoms with E-state index in [0.29, 0.717) is 16.4 Å². The highest BCUT2D eigenvalue weighted by Crippen LogP contribution is 2.31. The number of alkyl halides is 3. The third-order valence-electron chi connectivity index (χ3n) is 3.99. The summed E-state index contributed by atoms with van der Waals surface area (Å²) in [4.78, 5) is 17.4. The van der Waals surface area contributed by atoms with Crippen LogP contribution in [0.15, 0.2) is 50.8 Å². The Morgan fingerprint density at radius 2 is 2.00 bits per heavy atom. The Kier molecular flexibility index (Phi) is 4.66. The van der Waals surface area contributed by atoms with Crippen molar-refractivity contribution in [1.29, 1.82) is 0 Å². The Morgan fingerprint density at radius 3 is 2.71 bits per heavy atom. The smallest absolute Gasteiger partial charge is 0.292 e. The summed E-state index contributed by atoms with van der Waals surface area (Å²) in [7, 11) is 0. The van der Waals surface area contributed by atoms with Crippen molar-refractivity contribution in [2.75, 3.05) is 5.75 Å². The van der Waals surface area contributed by atoms with Gasteiger partial charge in [0.1, 0.15) is 16.2 Å². The second-order valence-electron chi connectivity index (χ2n) is 5.79. The maximum absolute atomic E-state index is 13.0. The van der Waals surface area contributed by atoms with Crippen LogP contribution in [0.3, 0.4) is 0 Å². The van der Waals surface area contributed by atoms with Gasteiger partial charge in [0, 0.05) is 10.7 Å². The van der Waals surface area contributed by atoms with Gasteiger partial charge < -0.3 is 0 Å². The number of hydrogen-bond donors (Lipinski definition) is 0. The van der Waals surface area contributed by atoms with E-state index in [0.717, 1.165) is 27.4 Å². The number of benzene rings is 1. The molecular weight excluding hydrogens is 459 g/mol. The van der Waals surface area contributed by atoms with Crippen LogP contribution in [-0.4, -0.2) is 30.1 Å². The standard InChI is InChI=1S/C17H11BrF3N5OS/c1-2-28-16-14(22-13-6-4-10(18)8-25(13)16)26-15(27)11-7-9(17(19,20)21)3-5-12(11)23-24-26/h3-8H,2H2,1H3. The van der Waals surface area contributed by atoms with Crippen molar-refractivity contribution < 1.29 is 13.2 Å². The van der Waals surface area contributed by atoms with E-state index in [9.17, 15) is 18.0 Å². The normalized spacial score (nSPS) is 12.2. The summed E-state index contributed by atoms with van der Waals surface area (Å²) >= 11 is 4.83. The molecule has 28 heavy (non-hydrogen) atoms. The highest BCUT2D eigenvalue weighted by atomic mass is 79.9. The Bertz CT molecular complexity index is 1270. The maximum Gasteiger partial charge on any atom is 0.416 e. The van der Waals surface area contributed by atoms with Gasteiger partial charge in [0.15, 0.2) is 5.82 Å². The largest absolute Gasteiger partial charge is 0.416 e. The summed E-state index contributed by atoms with van der Waals surface area (Å²) in [5.41, 5.74) is -0.965. The lowest BCUT2D eigenvalue weighted by Crippen LogP contribution is -2.24. The number of halogens is 4. The van der Waals surface area contributed by atoms with Crippen molar-refractivity contribution in [3.05, 3.63) is 56.9 Å². The molecule has 144 valence electrons. The molecule has 0 amide bonds. The van der Waals surface area contributed by atoms with Gasteiger partial charge >= 0.3 is 6.18 Å². The van der Waals surface area contributed by atoms with E-state index in [4.69, 9.17) is 0 Å². The molecule has 0 aliphatic heterocycles. The third kappa shape index (κ3) is 3.18. The Morgan fingerprint density at radius 1 is 1.21 bits per heavy atom. The highest BCUT2D eigenvalue weighted by molar-refractivity contribution is 9.10. The van der Waals surface area contributed by atoms with Gasteiger partial charge in [0.05, 0.1) is 10.9 Å². The van der Waals surface area contributed by atoms with Crippen LogP contribution in [0.5, 0.6) is 0 Å². The fraction of sp³-hybridized carbons (Fsp3) is 0.176. The first-order valence-corrected chi connectivity index (χ1v) is 9.85. The van der Waals surface area contributed by atoms with E-state index in [1.54, 1.807) is 22.7 Å². The van der Waals surface area contributed by atoms with Gasteiger partial charge in [0.2, 0.25) is 0 Å². The highest BCUT2D eigenvalue weighted by Gasteiger charge is 2.31. The zero-order chi connectivity index (χ0) is 20.1. The van der Waals surface area contributed by atoms with E-state index >= 15 is 0 Å². The number of pyridine rings is 1. The van der Waals surface area contributed by atoms with Crippen LogP contribution in [-0.2, 0) is 6.18 Å². The van der Waals surface area contributed by atoms with Crippen LogP contribution >= 0.6 is 27.7 Å². The first-order valence-electron chi connectivity index (χ1n) is 8.07. The number of nitrogens with zero attached hydrogens (tertiary/aromatic N) is 5. The molecule has 6 nitrogen and oxygen atoms in total. The van der Waals surface area contributed by atoms with E-state index in [-0.39, 0.29) is 16.7 Å². The monoisotopic (exact) mass is 469 g/mol. The van der Waals surface area contributed by atoms with Crippen LogP contribution in [0.1, 0.15) is 12.5 Å². The molecule has 0 bridgehead atoms. The van der Waals surface area contributed by atoms with E-state index in [1.165, 1.54) is 11.8 Å². The third-order valence-corrected chi connectivity index (χ3v) is 5.40. The molecule has 0 N–H and O–H groups in total. The van der Waals surface area contributed by atoms with Crippen LogP contribution in [0.4, 0.5) is 13.2 Å². The summed E-state index contributed by atoms with van der Waals surface area (Å²) in [6.45, 7) is 1.94. The number of hydrogen-bond acceptors (Lipinski definition) is 5. The maximum atomic E-state index is 13.0. The Balaban J connectivity index is 2.00. The van der Waals surface area contributed by atoms with E-state index < -0.39 is 17.3 Å². The second kappa shape index (κ2) is 6.89. The molecule has 0 unspecified atom stereocenters.